The first-order valence-electron chi connectivity index (χ1n) is 6.89. The fourth-order valence-corrected chi connectivity index (χ4v) is 2.77. The number of carboxylic acid groups (broad SMARTS) is 1. The van der Waals surface area contributed by atoms with Crippen molar-refractivity contribution in [2.75, 3.05) is 6.54 Å². The Bertz CT molecular complexity index is 490. The number of likely N-dealkylation sites (tertiary alicyclic amines) is 1. The van der Waals surface area contributed by atoms with Crippen molar-refractivity contribution in [3.05, 3.63) is 28.8 Å². The largest absolute Gasteiger partial charge is 0.489 e. The van der Waals surface area contributed by atoms with Gasteiger partial charge < -0.3 is 9.84 Å². The zero-order chi connectivity index (χ0) is 14.7. The van der Waals surface area contributed by atoms with Gasteiger partial charge >= 0.3 is 5.97 Å². The highest BCUT2D eigenvalue weighted by molar-refractivity contribution is 6.32. The number of hydrogen-bond acceptors (Lipinski definition) is 3. The highest BCUT2D eigenvalue weighted by Crippen LogP contribution is 2.28. The van der Waals surface area contributed by atoms with Crippen molar-refractivity contribution in [3.8, 4) is 5.75 Å². The maximum Gasteiger partial charge on any atom is 0.320 e. The molecule has 1 aliphatic heterocycles. The Balaban J connectivity index is 2.06. The van der Waals surface area contributed by atoms with Crippen molar-refractivity contribution in [2.45, 2.75) is 45.4 Å². The molecule has 4 nitrogen and oxygen atoms in total. The van der Waals surface area contributed by atoms with E-state index in [1.54, 1.807) is 0 Å². The van der Waals surface area contributed by atoms with Crippen LogP contribution in [0.3, 0.4) is 0 Å². The monoisotopic (exact) mass is 297 g/mol. The number of benzene rings is 1. The van der Waals surface area contributed by atoms with Gasteiger partial charge in [-0.2, -0.15) is 0 Å². The molecule has 1 N–H and O–H groups in total. The van der Waals surface area contributed by atoms with E-state index in [-0.39, 0.29) is 12.1 Å². The lowest BCUT2D eigenvalue weighted by atomic mass is 10.1. The van der Waals surface area contributed by atoms with Crippen LogP contribution < -0.4 is 4.74 Å². The van der Waals surface area contributed by atoms with Crippen LogP contribution in [0.2, 0.25) is 5.02 Å². The summed E-state index contributed by atoms with van der Waals surface area (Å²) in [6.07, 6.45) is 1.73. The Hall–Kier alpha value is -1.26. The molecular weight excluding hydrogens is 278 g/mol. The molecule has 0 aromatic heterocycles. The van der Waals surface area contributed by atoms with E-state index < -0.39 is 5.97 Å². The second-order valence-electron chi connectivity index (χ2n) is 5.40. The summed E-state index contributed by atoms with van der Waals surface area (Å²) in [5.41, 5.74) is 1.01. The number of hydrogen-bond donors (Lipinski definition) is 1. The zero-order valence-corrected chi connectivity index (χ0v) is 12.6. The first-order valence-corrected chi connectivity index (χ1v) is 7.27. The Labute approximate surface area is 124 Å². The van der Waals surface area contributed by atoms with E-state index in [0.29, 0.717) is 17.3 Å². The van der Waals surface area contributed by atoms with Crippen LogP contribution in [0, 0.1) is 0 Å². The third-order valence-corrected chi connectivity index (χ3v) is 3.69. The summed E-state index contributed by atoms with van der Waals surface area (Å²) in [6.45, 7) is 5.33. The lowest BCUT2D eigenvalue weighted by molar-refractivity contribution is -0.142. The third kappa shape index (κ3) is 3.64. The summed E-state index contributed by atoms with van der Waals surface area (Å²) in [5, 5.41) is 9.74. The van der Waals surface area contributed by atoms with Crippen molar-refractivity contribution in [2.24, 2.45) is 0 Å². The van der Waals surface area contributed by atoms with Crippen LogP contribution in [-0.2, 0) is 11.3 Å². The minimum absolute atomic E-state index is 0.0772. The van der Waals surface area contributed by atoms with Crippen molar-refractivity contribution >= 4 is 17.6 Å². The van der Waals surface area contributed by atoms with Gasteiger partial charge in [0, 0.05) is 6.54 Å². The van der Waals surface area contributed by atoms with Gasteiger partial charge in [0.25, 0.3) is 0 Å². The fraction of sp³-hybridized carbons (Fsp3) is 0.533. The molecule has 0 unspecified atom stereocenters. The molecule has 20 heavy (non-hydrogen) atoms. The predicted molar refractivity (Wildman–Crippen MR) is 78.3 cm³/mol. The lowest BCUT2D eigenvalue weighted by Crippen LogP contribution is -2.35. The highest BCUT2D eigenvalue weighted by atomic mass is 35.5. The molecule has 1 aromatic carbocycles. The quantitative estimate of drug-likeness (QED) is 0.907. The molecule has 5 heteroatoms. The molecule has 2 rings (SSSR count). The number of halogens is 1. The first kappa shape index (κ1) is 15.1. The minimum Gasteiger partial charge on any atom is -0.489 e. The third-order valence-electron chi connectivity index (χ3n) is 3.39. The summed E-state index contributed by atoms with van der Waals surface area (Å²) >= 11 is 6.20. The maximum atomic E-state index is 11.2. The van der Waals surface area contributed by atoms with Gasteiger partial charge in [0.2, 0.25) is 0 Å². The van der Waals surface area contributed by atoms with Crippen LogP contribution in [0.5, 0.6) is 5.75 Å². The Morgan fingerprint density at radius 3 is 2.90 bits per heavy atom. The SMILES string of the molecule is CC(C)Oc1ccc(CN2CCC[C@H]2C(=O)O)cc1Cl. The number of carbonyl (C=O) groups is 1. The molecule has 1 saturated heterocycles. The normalized spacial score (nSPS) is 19.5. The Morgan fingerprint density at radius 2 is 2.30 bits per heavy atom. The van der Waals surface area contributed by atoms with E-state index in [1.807, 2.05) is 36.9 Å². The van der Waals surface area contributed by atoms with Gasteiger partial charge in [0.15, 0.2) is 0 Å². The Kier molecular flexibility index (Phi) is 4.89. The smallest absolute Gasteiger partial charge is 0.320 e. The van der Waals surface area contributed by atoms with Crippen LogP contribution >= 0.6 is 11.6 Å². The molecule has 110 valence electrons. The van der Waals surface area contributed by atoms with Crippen LogP contribution in [0.25, 0.3) is 0 Å². The van der Waals surface area contributed by atoms with E-state index in [2.05, 4.69) is 0 Å². The molecule has 0 aliphatic carbocycles. The molecule has 0 radical (unpaired) electrons. The number of carboxylic acids is 1. The lowest BCUT2D eigenvalue weighted by Gasteiger charge is -2.21. The molecule has 1 aliphatic rings. The van der Waals surface area contributed by atoms with E-state index in [9.17, 15) is 9.90 Å². The number of aliphatic carboxylic acids is 1. The fourth-order valence-electron chi connectivity index (χ4n) is 2.52. The second-order valence-corrected chi connectivity index (χ2v) is 5.81. The number of nitrogens with zero attached hydrogens (tertiary/aromatic N) is 1. The first-order chi connectivity index (χ1) is 9.47. The van der Waals surface area contributed by atoms with Gasteiger partial charge in [-0.3, -0.25) is 9.69 Å². The van der Waals surface area contributed by atoms with Crippen molar-refractivity contribution in [1.82, 2.24) is 4.90 Å². The molecule has 0 bridgehead atoms. The maximum absolute atomic E-state index is 11.2. The number of rotatable bonds is 5. The van der Waals surface area contributed by atoms with Gasteiger partial charge in [-0.15, -0.1) is 0 Å². The van der Waals surface area contributed by atoms with E-state index >= 15 is 0 Å². The Morgan fingerprint density at radius 1 is 1.55 bits per heavy atom. The van der Waals surface area contributed by atoms with Gasteiger partial charge in [0.1, 0.15) is 11.8 Å². The van der Waals surface area contributed by atoms with Gasteiger partial charge in [0.05, 0.1) is 11.1 Å². The molecule has 0 saturated carbocycles. The zero-order valence-electron chi connectivity index (χ0n) is 11.8. The van der Waals surface area contributed by atoms with Crippen molar-refractivity contribution < 1.29 is 14.6 Å². The van der Waals surface area contributed by atoms with Crippen LogP contribution in [0.15, 0.2) is 18.2 Å². The van der Waals surface area contributed by atoms with E-state index in [0.717, 1.165) is 24.9 Å². The summed E-state index contributed by atoms with van der Waals surface area (Å²) in [6, 6.07) is 5.28. The second kappa shape index (κ2) is 6.46. The molecule has 0 amide bonds. The van der Waals surface area contributed by atoms with Gasteiger partial charge in [-0.05, 0) is 50.9 Å². The molecule has 1 atom stereocenters. The minimum atomic E-state index is -0.742. The van der Waals surface area contributed by atoms with Crippen LogP contribution in [0.4, 0.5) is 0 Å². The van der Waals surface area contributed by atoms with Gasteiger partial charge in [-0.1, -0.05) is 17.7 Å². The molecule has 1 aromatic rings. The average Bonchev–Trinajstić information content (AvgIpc) is 2.80. The summed E-state index contributed by atoms with van der Waals surface area (Å²) in [4.78, 5) is 13.1. The van der Waals surface area contributed by atoms with Crippen LogP contribution in [-0.4, -0.2) is 34.7 Å². The number of ether oxygens (including phenoxy) is 1. The topological polar surface area (TPSA) is 49.8 Å². The molecule has 0 spiro atoms. The average molecular weight is 298 g/mol. The highest BCUT2D eigenvalue weighted by Gasteiger charge is 2.30. The van der Waals surface area contributed by atoms with Crippen molar-refractivity contribution in [1.29, 1.82) is 0 Å². The van der Waals surface area contributed by atoms with Crippen molar-refractivity contribution in [3.63, 3.8) is 0 Å². The summed E-state index contributed by atoms with van der Waals surface area (Å²) < 4.78 is 5.59. The predicted octanol–water partition coefficient (Wildman–Crippen LogP) is 3.18. The van der Waals surface area contributed by atoms with Crippen LogP contribution in [0.1, 0.15) is 32.3 Å². The molecule has 1 heterocycles. The molecular formula is C15H20ClNO3. The summed E-state index contributed by atoms with van der Waals surface area (Å²) in [7, 11) is 0. The molecule has 1 fully saturated rings. The standard InChI is InChI=1S/C15H20ClNO3/c1-10(2)20-14-6-5-11(8-12(14)16)9-17-7-3-4-13(17)15(18)19/h5-6,8,10,13H,3-4,7,9H2,1-2H3,(H,18,19)/t13-/m0/s1. The van der Waals surface area contributed by atoms with Gasteiger partial charge in [-0.25, -0.2) is 0 Å². The summed E-state index contributed by atoms with van der Waals surface area (Å²) in [5.74, 6) is -0.0741. The van der Waals surface area contributed by atoms with E-state index in [4.69, 9.17) is 16.3 Å². The van der Waals surface area contributed by atoms with E-state index in [1.165, 1.54) is 0 Å².